The summed E-state index contributed by atoms with van der Waals surface area (Å²) in [6, 6.07) is 6.81. The molecular formula is C12H13N3O3. The zero-order valence-electron chi connectivity index (χ0n) is 10.1. The van der Waals surface area contributed by atoms with E-state index in [1.165, 1.54) is 6.20 Å². The van der Waals surface area contributed by atoms with E-state index in [9.17, 15) is 0 Å². The molecule has 94 valence electrons. The van der Waals surface area contributed by atoms with Crippen molar-refractivity contribution in [3.05, 3.63) is 30.5 Å². The van der Waals surface area contributed by atoms with E-state index in [1.807, 2.05) is 0 Å². The molecule has 2 rings (SSSR count). The van der Waals surface area contributed by atoms with E-state index >= 15 is 0 Å². The van der Waals surface area contributed by atoms with Crippen molar-refractivity contribution in [1.29, 1.82) is 0 Å². The van der Waals surface area contributed by atoms with Gasteiger partial charge in [-0.15, -0.1) is 0 Å². The van der Waals surface area contributed by atoms with Crippen molar-refractivity contribution in [2.75, 3.05) is 20.0 Å². The van der Waals surface area contributed by atoms with Crippen molar-refractivity contribution >= 4 is 5.95 Å². The van der Waals surface area contributed by atoms with Crippen LogP contribution < -0.4 is 19.9 Å². The van der Waals surface area contributed by atoms with E-state index in [4.69, 9.17) is 19.9 Å². The summed E-state index contributed by atoms with van der Waals surface area (Å²) in [5.41, 5.74) is 5.47. The minimum Gasteiger partial charge on any atom is -0.496 e. The lowest BCUT2D eigenvalue weighted by molar-refractivity contribution is 0.385. The van der Waals surface area contributed by atoms with Crippen LogP contribution in [0.25, 0.3) is 0 Å². The normalized spacial score (nSPS) is 9.89. The molecule has 0 fully saturated rings. The Morgan fingerprint density at radius 2 is 1.61 bits per heavy atom. The number of nitrogens with zero attached hydrogens (tertiary/aromatic N) is 2. The summed E-state index contributed by atoms with van der Waals surface area (Å²) in [7, 11) is 3.14. The molecule has 0 saturated carbocycles. The highest BCUT2D eigenvalue weighted by Crippen LogP contribution is 2.30. The van der Waals surface area contributed by atoms with Crippen molar-refractivity contribution in [2.24, 2.45) is 0 Å². The minimum absolute atomic E-state index is 0.155. The second-order valence-corrected chi connectivity index (χ2v) is 3.40. The monoisotopic (exact) mass is 247 g/mol. The minimum atomic E-state index is 0.155. The zero-order chi connectivity index (χ0) is 13.0. The molecule has 0 saturated heterocycles. The van der Waals surface area contributed by atoms with Crippen LogP contribution in [0, 0.1) is 0 Å². The number of benzene rings is 1. The molecule has 0 amide bonds. The molecule has 1 aromatic heterocycles. The molecule has 0 aliphatic carbocycles. The van der Waals surface area contributed by atoms with Gasteiger partial charge in [-0.1, -0.05) is 0 Å². The van der Waals surface area contributed by atoms with E-state index in [2.05, 4.69) is 9.97 Å². The Labute approximate surface area is 104 Å². The lowest BCUT2D eigenvalue weighted by atomic mass is 10.3. The van der Waals surface area contributed by atoms with Crippen LogP contribution in [0.5, 0.6) is 23.1 Å². The maximum absolute atomic E-state index is 5.55. The summed E-state index contributed by atoms with van der Waals surface area (Å²) in [6.07, 6.45) is 1.52. The molecule has 0 unspecified atom stereocenters. The summed E-state index contributed by atoms with van der Waals surface area (Å²) in [5.74, 6) is 2.32. The van der Waals surface area contributed by atoms with Gasteiger partial charge in [-0.2, -0.15) is 4.98 Å². The maximum atomic E-state index is 5.55. The van der Waals surface area contributed by atoms with Crippen LogP contribution >= 0.6 is 0 Å². The Morgan fingerprint density at radius 1 is 1.00 bits per heavy atom. The second kappa shape index (κ2) is 5.22. The lowest BCUT2D eigenvalue weighted by Gasteiger charge is -2.09. The van der Waals surface area contributed by atoms with Gasteiger partial charge in [0.25, 0.3) is 0 Å². The molecule has 6 heteroatoms. The fourth-order valence-electron chi connectivity index (χ4n) is 1.37. The Kier molecular flexibility index (Phi) is 3.47. The predicted octanol–water partition coefficient (Wildman–Crippen LogP) is 1.87. The average Bonchev–Trinajstić information content (AvgIpc) is 2.38. The molecule has 0 spiro atoms. The van der Waals surface area contributed by atoms with Crippen LogP contribution in [0.4, 0.5) is 5.95 Å². The molecule has 0 bridgehead atoms. The predicted molar refractivity (Wildman–Crippen MR) is 66.1 cm³/mol. The number of nitrogens with two attached hydrogens (primary N) is 1. The molecule has 0 aliphatic heterocycles. The fraction of sp³-hybridized carbons (Fsp3) is 0.167. The third-order valence-electron chi connectivity index (χ3n) is 2.20. The van der Waals surface area contributed by atoms with E-state index < -0.39 is 0 Å². The maximum Gasteiger partial charge on any atom is 0.224 e. The molecule has 0 atom stereocenters. The Bertz CT molecular complexity index is 524. The van der Waals surface area contributed by atoms with Gasteiger partial charge in [0, 0.05) is 30.5 Å². The molecule has 2 aromatic rings. The topological polar surface area (TPSA) is 79.5 Å². The average molecular weight is 247 g/mol. The van der Waals surface area contributed by atoms with Crippen molar-refractivity contribution in [3.8, 4) is 23.1 Å². The van der Waals surface area contributed by atoms with Gasteiger partial charge >= 0.3 is 0 Å². The SMILES string of the molecule is COc1cc(OC)cc(Oc2ccnc(N)n2)c1. The van der Waals surface area contributed by atoms with Crippen molar-refractivity contribution in [2.45, 2.75) is 0 Å². The summed E-state index contributed by atoms with van der Waals surface area (Å²) in [4.78, 5) is 7.73. The lowest BCUT2D eigenvalue weighted by Crippen LogP contribution is -1.96. The summed E-state index contributed by atoms with van der Waals surface area (Å²) in [6.45, 7) is 0. The molecule has 2 N–H and O–H groups in total. The van der Waals surface area contributed by atoms with Gasteiger partial charge < -0.3 is 19.9 Å². The quantitative estimate of drug-likeness (QED) is 0.888. The van der Waals surface area contributed by atoms with Gasteiger partial charge in [-0.3, -0.25) is 0 Å². The van der Waals surface area contributed by atoms with Crippen LogP contribution in [0.15, 0.2) is 30.5 Å². The zero-order valence-corrected chi connectivity index (χ0v) is 10.1. The van der Waals surface area contributed by atoms with Crippen molar-refractivity contribution < 1.29 is 14.2 Å². The van der Waals surface area contributed by atoms with Crippen LogP contribution in [-0.4, -0.2) is 24.2 Å². The first-order valence-corrected chi connectivity index (χ1v) is 5.20. The van der Waals surface area contributed by atoms with E-state index in [-0.39, 0.29) is 5.95 Å². The van der Waals surface area contributed by atoms with Gasteiger partial charge in [0.05, 0.1) is 14.2 Å². The van der Waals surface area contributed by atoms with Gasteiger partial charge in [0.15, 0.2) is 0 Å². The van der Waals surface area contributed by atoms with Gasteiger partial charge in [0.2, 0.25) is 11.8 Å². The van der Waals surface area contributed by atoms with Crippen molar-refractivity contribution in [3.63, 3.8) is 0 Å². The molecular weight excluding hydrogens is 234 g/mol. The third kappa shape index (κ3) is 2.79. The molecule has 6 nitrogen and oxygen atoms in total. The number of hydrogen-bond donors (Lipinski definition) is 1. The highest BCUT2D eigenvalue weighted by molar-refractivity contribution is 5.43. The number of anilines is 1. The molecule has 1 heterocycles. The van der Waals surface area contributed by atoms with E-state index in [0.29, 0.717) is 23.1 Å². The highest BCUT2D eigenvalue weighted by Gasteiger charge is 2.05. The number of nitrogen functional groups attached to an aromatic ring is 1. The van der Waals surface area contributed by atoms with Crippen LogP contribution in [0.3, 0.4) is 0 Å². The molecule has 1 aromatic carbocycles. The Hall–Kier alpha value is -2.50. The summed E-state index contributed by atoms with van der Waals surface area (Å²) in [5, 5.41) is 0. The molecule has 0 radical (unpaired) electrons. The number of hydrogen-bond acceptors (Lipinski definition) is 6. The third-order valence-corrected chi connectivity index (χ3v) is 2.20. The Morgan fingerprint density at radius 3 is 2.17 bits per heavy atom. The first kappa shape index (κ1) is 12.0. The Balaban J connectivity index is 2.28. The highest BCUT2D eigenvalue weighted by atomic mass is 16.5. The smallest absolute Gasteiger partial charge is 0.224 e. The summed E-state index contributed by atoms with van der Waals surface area (Å²) < 4.78 is 15.8. The first-order chi connectivity index (χ1) is 8.71. The largest absolute Gasteiger partial charge is 0.496 e. The number of ether oxygens (including phenoxy) is 3. The van der Waals surface area contributed by atoms with Gasteiger partial charge in [-0.25, -0.2) is 4.98 Å². The van der Waals surface area contributed by atoms with Crippen LogP contribution in [0.1, 0.15) is 0 Å². The van der Waals surface area contributed by atoms with Gasteiger partial charge in [0.1, 0.15) is 17.2 Å². The van der Waals surface area contributed by atoms with E-state index in [1.54, 1.807) is 38.5 Å². The number of aromatic nitrogens is 2. The number of methoxy groups -OCH3 is 2. The second-order valence-electron chi connectivity index (χ2n) is 3.40. The molecule has 18 heavy (non-hydrogen) atoms. The van der Waals surface area contributed by atoms with Crippen LogP contribution in [-0.2, 0) is 0 Å². The molecule has 0 aliphatic rings. The fourth-order valence-corrected chi connectivity index (χ4v) is 1.37. The first-order valence-electron chi connectivity index (χ1n) is 5.20. The summed E-state index contributed by atoms with van der Waals surface area (Å²) >= 11 is 0. The van der Waals surface area contributed by atoms with Gasteiger partial charge in [-0.05, 0) is 0 Å². The standard InChI is InChI=1S/C12H13N3O3/c1-16-8-5-9(17-2)7-10(6-8)18-11-3-4-14-12(13)15-11/h3-7H,1-2H3,(H2,13,14,15). The van der Waals surface area contributed by atoms with E-state index in [0.717, 1.165) is 0 Å². The number of rotatable bonds is 4. The van der Waals surface area contributed by atoms with Crippen LogP contribution in [0.2, 0.25) is 0 Å². The van der Waals surface area contributed by atoms with Crippen molar-refractivity contribution in [1.82, 2.24) is 9.97 Å².